The van der Waals surface area contributed by atoms with Gasteiger partial charge in [0.25, 0.3) is 0 Å². The summed E-state index contributed by atoms with van der Waals surface area (Å²) < 4.78 is 30.6. The molecule has 77 heavy (non-hydrogen) atoms. The number of esters is 1. The van der Waals surface area contributed by atoms with Crippen molar-refractivity contribution < 1.29 is 37.3 Å². The van der Waals surface area contributed by atoms with Gasteiger partial charge in [0, 0.05) is 12.8 Å². The van der Waals surface area contributed by atoms with Crippen molar-refractivity contribution in [3.05, 3.63) is 134 Å². The standard InChI is InChI=1S/C67H113N2O7P/c1-7-10-13-16-19-22-25-28-30-32-33-34-35-37-38-41-44-47-50-53-56-59-66(70)68-64(63-75-77(72,73)74-62-61-69(4,5)6)65(58-55-52-49-46-43-40-27-24-21-18-15-12-9-3)76-67(71)60-57-54-51-48-45-42-39-36-31-29-26-23-20-17-14-11-8-2/h11,14,17,19-20,22-23,26,28-31,33-34,36-39,42,45,55,58,64-65H,7-10,12-13,15-16,18,21,24-25,27,32,35,40-41,43-44,46-54,56-57,59-63H2,1-6H3,(H-,68,70,72,73)/p+1/b14-11-,20-17+,22-19-,26-23+,30-28-,31-29-,34-33-,38-37-,39-36+,45-42+,58-55-. The second-order valence-corrected chi connectivity index (χ2v) is 22.7. The van der Waals surface area contributed by atoms with Crippen molar-refractivity contribution in [2.75, 3.05) is 40.9 Å². The molecule has 0 saturated carbocycles. The van der Waals surface area contributed by atoms with E-state index in [1.54, 1.807) is 0 Å². The average Bonchev–Trinajstić information content (AvgIpc) is 3.39. The molecule has 0 aliphatic heterocycles. The fourth-order valence-corrected chi connectivity index (χ4v) is 8.75. The number of hydrogen-bond donors (Lipinski definition) is 2. The number of unbranched alkanes of at least 4 members (excludes halogenated alkanes) is 22. The Labute approximate surface area is 473 Å². The third-order valence-electron chi connectivity index (χ3n) is 12.7. The fraction of sp³-hybridized carbons (Fsp3) is 0.642. The minimum absolute atomic E-state index is 0.0206. The maximum Gasteiger partial charge on any atom is 0.472 e. The van der Waals surface area contributed by atoms with Crippen LogP contribution in [0, 0.1) is 0 Å². The predicted octanol–water partition coefficient (Wildman–Crippen LogP) is 18.9. The lowest BCUT2D eigenvalue weighted by Gasteiger charge is -2.27. The highest BCUT2D eigenvalue weighted by molar-refractivity contribution is 7.47. The number of hydrogen-bond acceptors (Lipinski definition) is 6. The van der Waals surface area contributed by atoms with Crippen molar-refractivity contribution in [1.82, 2.24) is 5.32 Å². The maximum absolute atomic E-state index is 13.5. The van der Waals surface area contributed by atoms with E-state index in [9.17, 15) is 19.0 Å². The van der Waals surface area contributed by atoms with Crippen LogP contribution in [-0.4, -0.2) is 74.3 Å². The summed E-state index contributed by atoms with van der Waals surface area (Å²) in [4.78, 5) is 37.7. The molecule has 3 unspecified atom stereocenters. The number of rotatable bonds is 53. The molecular weight excluding hydrogens is 976 g/mol. The molecule has 0 spiro atoms. The lowest BCUT2D eigenvalue weighted by Crippen LogP contribution is -2.47. The van der Waals surface area contributed by atoms with Crippen molar-refractivity contribution in [1.29, 1.82) is 0 Å². The van der Waals surface area contributed by atoms with E-state index >= 15 is 0 Å². The van der Waals surface area contributed by atoms with Crippen LogP contribution in [0.1, 0.15) is 226 Å². The van der Waals surface area contributed by atoms with E-state index in [0.29, 0.717) is 30.3 Å². The zero-order valence-electron chi connectivity index (χ0n) is 49.9. The molecule has 0 rings (SSSR count). The fourth-order valence-electron chi connectivity index (χ4n) is 8.01. The summed E-state index contributed by atoms with van der Waals surface area (Å²) >= 11 is 0. The van der Waals surface area contributed by atoms with Crippen LogP contribution < -0.4 is 5.32 Å². The van der Waals surface area contributed by atoms with Crippen LogP contribution in [0.5, 0.6) is 0 Å². The highest BCUT2D eigenvalue weighted by Crippen LogP contribution is 2.43. The highest BCUT2D eigenvalue weighted by atomic mass is 31.2. The second kappa shape index (κ2) is 55.5. The van der Waals surface area contributed by atoms with Crippen LogP contribution in [0.25, 0.3) is 0 Å². The van der Waals surface area contributed by atoms with E-state index in [4.69, 9.17) is 13.8 Å². The molecule has 0 radical (unpaired) electrons. The zero-order valence-corrected chi connectivity index (χ0v) is 50.8. The number of phosphoric acid groups is 1. The molecule has 10 heteroatoms. The largest absolute Gasteiger partial charge is 0.472 e. The number of quaternary nitrogens is 1. The summed E-state index contributed by atoms with van der Waals surface area (Å²) in [6.07, 6.45) is 78.7. The van der Waals surface area contributed by atoms with Crippen molar-refractivity contribution in [3.63, 3.8) is 0 Å². The molecule has 0 aromatic carbocycles. The van der Waals surface area contributed by atoms with E-state index in [0.717, 1.165) is 96.3 Å². The first-order valence-corrected chi connectivity index (χ1v) is 32.1. The summed E-state index contributed by atoms with van der Waals surface area (Å²) in [7, 11) is 1.43. The number of allylic oxidation sites excluding steroid dienone is 21. The van der Waals surface area contributed by atoms with E-state index in [-0.39, 0.29) is 31.5 Å². The minimum atomic E-state index is -4.48. The third kappa shape index (κ3) is 56.7. The van der Waals surface area contributed by atoms with Gasteiger partial charge >= 0.3 is 13.8 Å². The first kappa shape index (κ1) is 73.2. The van der Waals surface area contributed by atoms with Gasteiger partial charge in [-0.2, -0.15) is 0 Å². The molecule has 0 bridgehead atoms. The summed E-state index contributed by atoms with van der Waals surface area (Å²) in [6, 6.07) is -0.887. The van der Waals surface area contributed by atoms with Gasteiger partial charge in [-0.1, -0.05) is 251 Å². The van der Waals surface area contributed by atoms with Gasteiger partial charge < -0.3 is 19.4 Å². The lowest BCUT2D eigenvalue weighted by atomic mass is 10.0. The lowest BCUT2D eigenvalue weighted by molar-refractivity contribution is -0.870. The Hall–Kier alpha value is -3.85. The van der Waals surface area contributed by atoms with Gasteiger partial charge in [0.2, 0.25) is 5.91 Å². The molecular formula is C67H114N2O7P+. The smallest absolute Gasteiger partial charge is 0.456 e. The van der Waals surface area contributed by atoms with Crippen molar-refractivity contribution in [3.8, 4) is 0 Å². The van der Waals surface area contributed by atoms with Gasteiger partial charge in [0.05, 0.1) is 33.8 Å². The number of likely N-dealkylation sites (N-methyl/N-ethyl adjacent to an activating group) is 1. The van der Waals surface area contributed by atoms with Crippen LogP contribution in [0.15, 0.2) is 134 Å². The molecule has 438 valence electrons. The molecule has 9 nitrogen and oxygen atoms in total. The van der Waals surface area contributed by atoms with Gasteiger partial charge in [-0.3, -0.25) is 18.6 Å². The topological polar surface area (TPSA) is 111 Å². The second-order valence-electron chi connectivity index (χ2n) is 21.3. The molecule has 0 saturated heterocycles. The Morgan fingerprint density at radius 3 is 1.40 bits per heavy atom. The predicted molar refractivity (Wildman–Crippen MR) is 332 cm³/mol. The van der Waals surface area contributed by atoms with E-state index in [2.05, 4.69) is 86.8 Å². The summed E-state index contributed by atoms with van der Waals surface area (Å²) in [5, 5.41) is 3.03. The Bertz CT molecular complexity index is 1780. The number of phosphoric ester groups is 1. The minimum Gasteiger partial charge on any atom is -0.456 e. The van der Waals surface area contributed by atoms with Crippen LogP contribution >= 0.6 is 7.82 Å². The Balaban J connectivity index is 5.44. The monoisotopic (exact) mass is 1090 g/mol. The van der Waals surface area contributed by atoms with Crippen molar-refractivity contribution in [2.45, 2.75) is 238 Å². The third-order valence-corrected chi connectivity index (χ3v) is 13.7. The first-order chi connectivity index (χ1) is 37.4. The van der Waals surface area contributed by atoms with Crippen LogP contribution in [0.3, 0.4) is 0 Å². The molecule has 0 aliphatic carbocycles. The van der Waals surface area contributed by atoms with Crippen molar-refractivity contribution in [2.24, 2.45) is 0 Å². The number of nitrogens with one attached hydrogen (secondary N) is 1. The SMILES string of the molecule is CC\C=C/C=C/C=C/C=C\C=C\C=C\CCCCCC(=O)OC(/C=C\CCCCCCCCCCCCC)C(COP(=O)(O)OCC[N+](C)(C)C)NC(=O)CCCCCCC/C=C\C/C=C\C/C=C\C/C=C\CCCCC. The molecule has 2 N–H and O–H groups in total. The molecule has 1 amide bonds. The molecule has 0 aromatic rings. The van der Waals surface area contributed by atoms with Crippen LogP contribution in [0.2, 0.25) is 0 Å². The van der Waals surface area contributed by atoms with E-state index in [1.165, 1.54) is 83.5 Å². The Kier molecular flexibility index (Phi) is 52.7. The van der Waals surface area contributed by atoms with Gasteiger partial charge in [0.1, 0.15) is 19.3 Å². The van der Waals surface area contributed by atoms with Gasteiger partial charge in [-0.25, -0.2) is 4.57 Å². The molecule has 0 aromatic heterocycles. The zero-order chi connectivity index (χ0) is 56.4. The van der Waals surface area contributed by atoms with Crippen LogP contribution in [-0.2, 0) is 27.9 Å². The Morgan fingerprint density at radius 2 is 0.883 bits per heavy atom. The number of carbonyl (C=O) groups is 2. The highest BCUT2D eigenvalue weighted by Gasteiger charge is 2.30. The normalized spacial score (nSPS) is 14.6. The first-order valence-electron chi connectivity index (χ1n) is 30.6. The summed E-state index contributed by atoms with van der Waals surface area (Å²) in [6.45, 7) is 6.77. The van der Waals surface area contributed by atoms with Crippen molar-refractivity contribution >= 4 is 19.7 Å². The van der Waals surface area contributed by atoms with Gasteiger partial charge in [-0.05, 0) is 96.0 Å². The molecule has 3 atom stereocenters. The van der Waals surface area contributed by atoms with Gasteiger partial charge in [-0.15, -0.1) is 0 Å². The van der Waals surface area contributed by atoms with Gasteiger partial charge in [0.15, 0.2) is 0 Å². The summed E-state index contributed by atoms with van der Waals surface area (Å²) in [5.74, 6) is -0.587. The number of nitrogens with zero attached hydrogens (tertiary/aromatic N) is 1. The molecule has 0 fully saturated rings. The maximum atomic E-state index is 13.5. The number of amides is 1. The quantitative estimate of drug-likeness (QED) is 0.0156. The number of carbonyl (C=O) groups excluding carboxylic acids is 2. The Morgan fingerprint density at radius 1 is 0.481 bits per heavy atom. The molecule has 0 aliphatic rings. The number of ether oxygens (including phenoxy) is 1. The van der Waals surface area contributed by atoms with E-state index in [1.807, 2.05) is 94.1 Å². The average molecular weight is 1090 g/mol. The van der Waals surface area contributed by atoms with E-state index < -0.39 is 20.0 Å². The summed E-state index contributed by atoms with van der Waals surface area (Å²) in [5.41, 5.74) is 0. The van der Waals surface area contributed by atoms with Crippen LogP contribution in [0.4, 0.5) is 0 Å². The molecule has 0 heterocycles.